The molecule has 5 nitrogen and oxygen atoms in total. The van der Waals surface area contributed by atoms with Gasteiger partial charge in [0.05, 0.1) is 6.10 Å². The Morgan fingerprint density at radius 1 is 1.17 bits per heavy atom. The lowest BCUT2D eigenvalue weighted by Crippen LogP contribution is -2.41. The van der Waals surface area contributed by atoms with Gasteiger partial charge in [0.15, 0.2) is 5.96 Å². The number of nitrogens with one attached hydrogen (secondary N) is 2. The fourth-order valence-electron chi connectivity index (χ4n) is 3.76. The van der Waals surface area contributed by atoms with Gasteiger partial charge in [-0.25, -0.2) is 0 Å². The van der Waals surface area contributed by atoms with Crippen LogP contribution in [0.15, 0.2) is 65.7 Å². The summed E-state index contributed by atoms with van der Waals surface area (Å²) < 4.78 is 7.16. The molecule has 6 heteroatoms. The number of aliphatic hydroxyl groups is 1. The highest BCUT2D eigenvalue weighted by Gasteiger charge is 2.29. The number of nitrogens with zero attached hydrogens (tertiary/aromatic N) is 1. The summed E-state index contributed by atoms with van der Waals surface area (Å²) in [4.78, 5) is 5.26. The third-order valence-electron chi connectivity index (χ3n) is 5.33. The van der Waals surface area contributed by atoms with Crippen molar-refractivity contribution in [3.63, 3.8) is 0 Å². The predicted octanol–water partition coefficient (Wildman–Crippen LogP) is 3.88. The van der Waals surface area contributed by atoms with Crippen molar-refractivity contribution in [3.8, 4) is 0 Å². The number of hydrogen-bond donors (Lipinski definition) is 3. The molecule has 3 unspecified atom stereocenters. The maximum atomic E-state index is 10.6. The van der Waals surface area contributed by atoms with Crippen molar-refractivity contribution in [1.29, 1.82) is 0 Å². The highest BCUT2D eigenvalue weighted by molar-refractivity contribution is 7.19. The van der Waals surface area contributed by atoms with Gasteiger partial charge in [0.25, 0.3) is 0 Å². The molecule has 1 fully saturated rings. The van der Waals surface area contributed by atoms with Gasteiger partial charge in [-0.3, -0.25) is 4.99 Å². The molecule has 2 aromatic carbocycles. The van der Waals surface area contributed by atoms with E-state index in [4.69, 9.17) is 4.74 Å². The van der Waals surface area contributed by atoms with E-state index < -0.39 is 6.10 Å². The van der Waals surface area contributed by atoms with Crippen LogP contribution in [-0.4, -0.2) is 37.8 Å². The van der Waals surface area contributed by atoms with Crippen LogP contribution in [0.1, 0.15) is 29.1 Å². The Balaban J connectivity index is 1.30. The lowest BCUT2D eigenvalue weighted by molar-refractivity contribution is 0.0915. The SMILES string of the molecule is CN=C(NCC(O)c1cc2ccccc2s1)NCC1CCOC1c1ccccc1. The lowest BCUT2D eigenvalue weighted by Gasteiger charge is -2.21. The number of thiophene rings is 1. The number of benzene rings is 2. The summed E-state index contributed by atoms with van der Waals surface area (Å²) >= 11 is 1.63. The van der Waals surface area contributed by atoms with Crippen LogP contribution in [0.2, 0.25) is 0 Å². The van der Waals surface area contributed by atoms with E-state index in [9.17, 15) is 5.11 Å². The molecule has 0 amide bonds. The fourth-order valence-corrected chi connectivity index (χ4v) is 4.81. The zero-order valence-electron chi connectivity index (χ0n) is 16.5. The largest absolute Gasteiger partial charge is 0.386 e. The molecule has 0 bridgehead atoms. The molecule has 1 aromatic heterocycles. The molecule has 2 heterocycles. The number of aliphatic hydroxyl groups excluding tert-OH is 1. The Morgan fingerprint density at radius 2 is 1.97 bits per heavy atom. The monoisotopic (exact) mass is 409 g/mol. The number of fused-ring (bicyclic) bond motifs is 1. The first kappa shape index (κ1) is 19.9. The molecule has 0 aliphatic carbocycles. The number of ether oxygens (including phenoxy) is 1. The van der Waals surface area contributed by atoms with E-state index in [-0.39, 0.29) is 6.10 Å². The van der Waals surface area contributed by atoms with E-state index in [0.717, 1.165) is 24.4 Å². The average Bonchev–Trinajstić information content (AvgIpc) is 3.41. The minimum atomic E-state index is -0.571. The van der Waals surface area contributed by atoms with Gasteiger partial charge in [0.1, 0.15) is 6.10 Å². The van der Waals surface area contributed by atoms with Gasteiger partial charge in [-0.05, 0) is 29.5 Å². The van der Waals surface area contributed by atoms with Gasteiger partial charge >= 0.3 is 0 Å². The first-order chi connectivity index (χ1) is 14.2. The van der Waals surface area contributed by atoms with Crippen LogP contribution >= 0.6 is 11.3 Å². The summed E-state index contributed by atoms with van der Waals surface area (Å²) in [7, 11) is 1.75. The van der Waals surface area contributed by atoms with Crippen molar-refractivity contribution in [3.05, 3.63) is 71.1 Å². The third-order valence-corrected chi connectivity index (χ3v) is 6.55. The van der Waals surface area contributed by atoms with Gasteiger partial charge in [-0.1, -0.05) is 48.5 Å². The summed E-state index contributed by atoms with van der Waals surface area (Å²) in [5.41, 5.74) is 1.22. The van der Waals surface area contributed by atoms with Crippen LogP contribution in [0.5, 0.6) is 0 Å². The second-order valence-electron chi connectivity index (χ2n) is 7.29. The summed E-state index contributed by atoms with van der Waals surface area (Å²) in [6, 6.07) is 20.6. The van der Waals surface area contributed by atoms with E-state index >= 15 is 0 Å². The van der Waals surface area contributed by atoms with Crippen LogP contribution < -0.4 is 10.6 Å². The van der Waals surface area contributed by atoms with Crippen LogP contribution in [0.25, 0.3) is 10.1 Å². The van der Waals surface area contributed by atoms with Gasteiger partial charge in [-0.2, -0.15) is 0 Å². The molecule has 3 atom stereocenters. The van der Waals surface area contributed by atoms with E-state index in [1.165, 1.54) is 15.6 Å². The maximum Gasteiger partial charge on any atom is 0.191 e. The number of aliphatic imine (C=N–C) groups is 1. The summed E-state index contributed by atoms with van der Waals surface area (Å²) in [6.45, 7) is 1.97. The van der Waals surface area contributed by atoms with E-state index in [0.29, 0.717) is 18.4 Å². The third kappa shape index (κ3) is 4.78. The number of guanidine groups is 1. The van der Waals surface area contributed by atoms with Crippen molar-refractivity contribution in [2.24, 2.45) is 10.9 Å². The second-order valence-corrected chi connectivity index (χ2v) is 8.40. The zero-order chi connectivity index (χ0) is 20.1. The predicted molar refractivity (Wildman–Crippen MR) is 119 cm³/mol. The molecule has 152 valence electrons. The van der Waals surface area contributed by atoms with Gasteiger partial charge in [-0.15, -0.1) is 11.3 Å². The molecule has 29 heavy (non-hydrogen) atoms. The van der Waals surface area contributed by atoms with Crippen molar-refractivity contribution < 1.29 is 9.84 Å². The highest BCUT2D eigenvalue weighted by Crippen LogP contribution is 2.34. The van der Waals surface area contributed by atoms with E-state index in [1.807, 2.05) is 18.2 Å². The Kier molecular flexibility index (Phi) is 6.44. The van der Waals surface area contributed by atoms with Crippen LogP contribution in [0.4, 0.5) is 0 Å². The topological polar surface area (TPSA) is 65.9 Å². The molecule has 4 rings (SSSR count). The van der Waals surface area contributed by atoms with Gasteiger partial charge in [0.2, 0.25) is 0 Å². The molecule has 1 aliphatic rings. The summed E-state index contributed by atoms with van der Waals surface area (Å²) in [6.07, 6.45) is 0.567. The molecule has 3 aromatic rings. The molecule has 1 saturated heterocycles. The molecule has 0 radical (unpaired) electrons. The van der Waals surface area contributed by atoms with Gasteiger partial charge < -0.3 is 20.5 Å². The average molecular weight is 410 g/mol. The van der Waals surface area contributed by atoms with Crippen LogP contribution in [0.3, 0.4) is 0 Å². The maximum absolute atomic E-state index is 10.6. The summed E-state index contributed by atoms with van der Waals surface area (Å²) in [5.74, 6) is 1.09. The Bertz CT molecular complexity index is 924. The minimum Gasteiger partial charge on any atom is -0.386 e. The molecule has 1 aliphatic heterocycles. The normalized spacial score (nSPS) is 20.7. The molecule has 0 saturated carbocycles. The Morgan fingerprint density at radius 3 is 2.76 bits per heavy atom. The van der Waals surface area contributed by atoms with Crippen molar-refractivity contribution in [1.82, 2.24) is 10.6 Å². The molecule has 0 spiro atoms. The molecular formula is C23H27N3O2S. The zero-order valence-corrected chi connectivity index (χ0v) is 17.4. The van der Waals surface area contributed by atoms with Gasteiger partial charge in [0, 0.05) is 42.2 Å². The Hall–Kier alpha value is -2.41. The fraction of sp³-hybridized carbons (Fsp3) is 0.348. The molecular weight excluding hydrogens is 382 g/mol. The molecule has 3 N–H and O–H groups in total. The van der Waals surface area contributed by atoms with Crippen molar-refractivity contribution in [2.75, 3.05) is 26.7 Å². The van der Waals surface area contributed by atoms with Crippen molar-refractivity contribution in [2.45, 2.75) is 18.6 Å². The van der Waals surface area contributed by atoms with Crippen molar-refractivity contribution >= 4 is 27.4 Å². The first-order valence-corrected chi connectivity index (χ1v) is 10.8. The smallest absolute Gasteiger partial charge is 0.191 e. The second kappa shape index (κ2) is 9.39. The minimum absolute atomic E-state index is 0.117. The number of hydrogen-bond acceptors (Lipinski definition) is 4. The first-order valence-electron chi connectivity index (χ1n) is 10.0. The summed E-state index contributed by atoms with van der Waals surface area (Å²) in [5, 5.41) is 18.4. The van der Waals surface area contributed by atoms with E-state index in [2.05, 4.69) is 58.1 Å². The number of rotatable bonds is 6. The van der Waals surface area contributed by atoms with Crippen LogP contribution in [0, 0.1) is 5.92 Å². The van der Waals surface area contributed by atoms with Crippen LogP contribution in [-0.2, 0) is 4.74 Å². The standard InChI is InChI=1S/C23H27N3O2S/c1-24-23(25-14-18-11-12-28-22(18)16-7-3-2-4-8-16)26-15-19(27)21-13-17-9-5-6-10-20(17)29-21/h2-10,13,18-19,22,27H,11-12,14-15H2,1H3,(H2,24,25,26). The Labute approximate surface area is 175 Å². The lowest BCUT2D eigenvalue weighted by atomic mass is 9.95. The van der Waals surface area contributed by atoms with E-state index in [1.54, 1.807) is 18.4 Å². The highest BCUT2D eigenvalue weighted by atomic mass is 32.1. The quantitative estimate of drug-likeness (QED) is 0.427.